The Bertz CT molecular complexity index is 330. The van der Waals surface area contributed by atoms with Gasteiger partial charge in [0.2, 0.25) is 0 Å². The van der Waals surface area contributed by atoms with Crippen LogP contribution in [0, 0.1) is 0 Å². The van der Waals surface area contributed by atoms with E-state index in [0.29, 0.717) is 19.6 Å². The van der Waals surface area contributed by atoms with Crippen molar-refractivity contribution >= 4 is 18.4 Å². The SMILES string of the molecule is CCOC(=O)C[C@@H](CCCN)c1ccccc1.Cl. The molecule has 1 aromatic rings. The van der Waals surface area contributed by atoms with Crippen molar-refractivity contribution in [2.75, 3.05) is 13.2 Å². The number of esters is 1. The zero-order valence-corrected chi connectivity index (χ0v) is 11.6. The molecular formula is C14H22ClNO2. The van der Waals surface area contributed by atoms with E-state index in [9.17, 15) is 4.79 Å². The summed E-state index contributed by atoms with van der Waals surface area (Å²) in [7, 11) is 0. The molecule has 1 atom stereocenters. The summed E-state index contributed by atoms with van der Waals surface area (Å²) in [4.78, 5) is 11.5. The van der Waals surface area contributed by atoms with Crippen molar-refractivity contribution < 1.29 is 9.53 Å². The number of nitrogens with two attached hydrogens (primary N) is 1. The van der Waals surface area contributed by atoms with Crippen LogP contribution in [0.1, 0.15) is 37.7 Å². The lowest BCUT2D eigenvalue weighted by Gasteiger charge is -2.16. The molecule has 2 N–H and O–H groups in total. The van der Waals surface area contributed by atoms with Crippen LogP contribution in [0.25, 0.3) is 0 Å². The molecule has 0 spiro atoms. The number of hydrogen-bond donors (Lipinski definition) is 1. The molecule has 0 aliphatic heterocycles. The molecule has 0 radical (unpaired) electrons. The molecule has 0 saturated carbocycles. The fourth-order valence-electron chi connectivity index (χ4n) is 1.90. The smallest absolute Gasteiger partial charge is 0.306 e. The number of carbonyl (C=O) groups excluding carboxylic acids is 1. The lowest BCUT2D eigenvalue weighted by Crippen LogP contribution is -2.12. The Morgan fingerprint density at radius 2 is 2.00 bits per heavy atom. The minimum absolute atomic E-state index is 0. The van der Waals surface area contributed by atoms with Gasteiger partial charge >= 0.3 is 5.97 Å². The topological polar surface area (TPSA) is 52.3 Å². The van der Waals surface area contributed by atoms with Crippen molar-refractivity contribution in [3.05, 3.63) is 35.9 Å². The molecule has 0 fully saturated rings. The van der Waals surface area contributed by atoms with Crippen LogP contribution < -0.4 is 5.73 Å². The average Bonchev–Trinajstić information content (AvgIpc) is 2.36. The number of rotatable bonds is 7. The van der Waals surface area contributed by atoms with Crippen LogP contribution >= 0.6 is 12.4 Å². The van der Waals surface area contributed by atoms with Crippen LogP contribution in [-0.2, 0) is 9.53 Å². The first-order valence-corrected chi connectivity index (χ1v) is 6.18. The van der Waals surface area contributed by atoms with Crippen LogP contribution in [0.5, 0.6) is 0 Å². The first-order chi connectivity index (χ1) is 8.27. The van der Waals surface area contributed by atoms with Crippen LogP contribution in [0.15, 0.2) is 30.3 Å². The Morgan fingerprint density at radius 1 is 1.33 bits per heavy atom. The maximum atomic E-state index is 11.5. The Labute approximate surface area is 115 Å². The highest BCUT2D eigenvalue weighted by atomic mass is 35.5. The monoisotopic (exact) mass is 271 g/mol. The van der Waals surface area contributed by atoms with Gasteiger partial charge in [0.05, 0.1) is 13.0 Å². The fraction of sp³-hybridized carbons (Fsp3) is 0.500. The van der Waals surface area contributed by atoms with Gasteiger partial charge in [-0.25, -0.2) is 0 Å². The highest BCUT2D eigenvalue weighted by molar-refractivity contribution is 5.85. The van der Waals surface area contributed by atoms with E-state index < -0.39 is 0 Å². The lowest BCUT2D eigenvalue weighted by molar-refractivity contribution is -0.143. The van der Waals surface area contributed by atoms with Gasteiger partial charge in [-0.15, -0.1) is 12.4 Å². The summed E-state index contributed by atoms with van der Waals surface area (Å²) in [5.74, 6) is 0.0946. The Hall–Kier alpha value is -1.06. The molecule has 0 heterocycles. The van der Waals surface area contributed by atoms with Crippen LogP contribution in [0.2, 0.25) is 0 Å². The molecule has 0 aromatic heterocycles. The molecule has 1 aromatic carbocycles. The lowest BCUT2D eigenvalue weighted by atomic mass is 9.91. The first-order valence-electron chi connectivity index (χ1n) is 6.18. The largest absolute Gasteiger partial charge is 0.466 e. The summed E-state index contributed by atoms with van der Waals surface area (Å²) < 4.78 is 5.00. The van der Waals surface area contributed by atoms with Crippen molar-refractivity contribution in [3.63, 3.8) is 0 Å². The second-order valence-electron chi connectivity index (χ2n) is 4.05. The van der Waals surface area contributed by atoms with Gasteiger partial charge in [-0.05, 0) is 37.8 Å². The Morgan fingerprint density at radius 3 is 2.56 bits per heavy atom. The van der Waals surface area contributed by atoms with E-state index in [2.05, 4.69) is 12.1 Å². The second kappa shape index (κ2) is 9.92. The molecule has 0 aliphatic rings. The molecule has 102 valence electrons. The summed E-state index contributed by atoms with van der Waals surface area (Å²) >= 11 is 0. The normalized spacial score (nSPS) is 11.4. The molecular weight excluding hydrogens is 250 g/mol. The van der Waals surface area contributed by atoms with Gasteiger partial charge in [0.1, 0.15) is 0 Å². The van der Waals surface area contributed by atoms with E-state index in [-0.39, 0.29) is 24.3 Å². The van der Waals surface area contributed by atoms with Gasteiger partial charge in [0.25, 0.3) is 0 Å². The Kier molecular flexibility index (Phi) is 9.33. The third-order valence-electron chi connectivity index (χ3n) is 2.75. The predicted octanol–water partition coefficient (Wildman–Crippen LogP) is 2.88. The van der Waals surface area contributed by atoms with Gasteiger partial charge in [-0.1, -0.05) is 30.3 Å². The second-order valence-corrected chi connectivity index (χ2v) is 4.05. The highest BCUT2D eigenvalue weighted by Crippen LogP contribution is 2.24. The summed E-state index contributed by atoms with van der Waals surface area (Å²) in [5.41, 5.74) is 6.72. The van der Waals surface area contributed by atoms with Crippen molar-refractivity contribution in [1.82, 2.24) is 0 Å². The summed E-state index contributed by atoms with van der Waals surface area (Å²) in [5, 5.41) is 0. The number of hydrogen-bond acceptors (Lipinski definition) is 3. The zero-order chi connectivity index (χ0) is 12.5. The van der Waals surface area contributed by atoms with Crippen molar-refractivity contribution in [2.24, 2.45) is 5.73 Å². The number of ether oxygens (including phenoxy) is 1. The highest BCUT2D eigenvalue weighted by Gasteiger charge is 2.16. The first kappa shape index (κ1) is 16.9. The number of benzene rings is 1. The predicted molar refractivity (Wildman–Crippen MR) is 76.0 cm³/mol. The molecule has 0 amide bonds. The molecule has 1 rings (SSSR count). The molecule has 0 saturated heterocycles. The van der Waals surface area contributed by atoms with Crippen LogP contribution in [0.4, 0.5) is 0 Å². The molecule has 0 aliphatic carbocycles. The minimum Gasteiger partial charge on any atom is -0.466 e. The minimum atomic E-state index is -0.127. The van der Waals surface area contributed by atoms with Gasteiger partial charge in [-0.2, -0.15) is 0 Å². The van der Waals surface area contributed by atoms with Gasteiger partial charge in [-0.3, -0.25) is 4.79 Å². The fourth-order valence-corrected chi connectivity index (χ4v) is 1.90. The van der Waals surface area contributed by atoms with Crippen molar-refractivity contribution in [2.45, 2.75) is 32.1 Å². The molecule has 18 heavy (non-hydrogen) atoms. The number of halogens is 1. The van der Waals surface area contributed by atoms with Crippen molar-refractivity contribution in [3.8, 4) is 0 Å². The average molecular weight is 272 g/mol. The molecule has 3 nitrogen and oxygen atoms in total. The Balaban J connectivity index is 0.00000289. The van der Waals surface area contributed by atoms with Gasteiger partial charge < -0.3 is 10.5 Å². The van der Waals surface area contributed by atoms with E-state index in [0.717, 1.165) is 12.8 Å². The third-order valence-corrected chi connectivity index (χ3v) is 2.75. The zero-order valence-electron chi connectivity index (χ0n) is 10.8. The summed E-state index contributed by atoms with van der Waals surface area (Å²) in [6.45, 7) is 2.93. The quantitative estimate of drug-likeness (QED) is 0.776. The summed E-state index contributed by atoms with van der Waals surface area (Å²) in [6.07, 6.45) is 2.30. The number of carbonyl (C=O) groups is 1. The molecule has 0 unspecified atom stereocenters. The standard InChI is InChI=1S/C14H21NO2.ClH/c1-2-17-14(16)11-13(9-6-10-15)12-7-4-3-5-8-12;/h3-5,7-8,13H,2,6,9-11,15H2,1H3;1H/t13-;/m1./s1. The van der Waals surface area contributed by atoms with E-state index >= 15 is 0 Å². The third kappa shape index (κ3) is 6.03. The summed E-state index contributed by atoms with van der Waals surface area (Å²) in [6, 6.07) is 10.1. The maximum absolute atomic E-state index is 11.5. The molecule has 4 heteroatoms. The van der Waals surface area contributed by atoms with Gasteiger partial charge in [0, 0.05) is 0 Å². The van der Waals surface area contributed by atoms with E-state index in [1.54, 1.807) is 0 Å². The van der Waals surface area contributed by atoms with Crippen LogP contribution in [-0.4, -0.2) is 19.1 Å². The maximum Gasteiger partial charge on any atom is 0.306 e. The van der Waals surface area contributed by atoms with E-state index in [1.165, 1.54) is 5.56 Å². The van der Waals surface area contributed by atoms with Gasteiger partial charge in [0.15, 0.2) is 0 Å². The van der Waals surface area contributed by atoms with Crippen molar-refractivity contribution in [1.29, 1.82) is 0 Å². The molecule has 0 bridgehead atoms. The van der Waals surface area contributed by atoms with E-state index in [1.807, 2.05) is 25.1 Å². The van der Waals surface area contributed by atoms with Crippen LogP contribution in [0.3, 0.4) is 0 Å². The van der Waals surface area contributed by atoms with E-state index in [4.69, 9.17) is 10.5 Å².